The number of fused-ring (bicyclic) bond motifs is 3. The van der Waals surface area contributed by atoms with Crippen molar-refractivity contribution in [2.75, 3.05) is 0 Å². The van der Waals surface area contributed by atoms with Crippen LogP contribution in [-0.4, -0.2) is 4.98 Å². The highest BCUT2D eigenvalue weighted by atomic mass is 32.2. The van der Waals surface area contributed by atoms with Gasteiger partial charge in [0.2, 0.25) is 0 Å². The molecule has 0 atom stereocenters. The molecule has 0 saturated carbocycles. The van der Waals surface area contributed by atoms with Crippen molar-refractivity contribution in [3.63, 3.8) is 0 Å². The van der Waals surface area contributed by atoms with Crippen LogP contribution in [0.5, 0.6) is 0 Å². The van der Waals surface area contributed by atoms with Gasteiger partial charge in [-0.2, -0.15) is 0 Å². The molecule has 0 radical (unpaired) electrons. The van der Waals surface area contributed by atoms with Crippen LogP contribution in [0, 0.1) is 0 Å². The molecule has 2 aromatic carbocycles. The minimum atomic E-state index is 1.21. The third-order valence-corrected chi connectivity index (χ3v) is 3.69. The van der Waals surface area contributed by atoms with Crippen LogP contribution in [-0.2, 0) is 0 Å². The van der Waals surface area contributed by atoms with E-state index in [1.807, 2.05) is 35.1 Å². The Morgan fingerprint density at radius 1 is 0.600 bits per heavy atom. The normalized spacial score (nSPS) is 13.2. The molecule has 2 heteroatoms. The third kappa shape index (κ3) is 2.86. The smallest absolute Gasteiger partial charge is 0.0464 e. The van der Waals surface area contributed by atoms with Gasteiger partial charge in [-0.3, -0.25) is 0 Å². The van der Waals surface area contributed by atoms with Crippen molar-refractivity contribution in [2.24, 2.45) is 0 Å². The summed E-state index contributed by atoms with van der Waals surface area (Å²) in [6.45, 7) is 0. The minimum absolute atomic E-state index is 1.21. The molecule has 0 fully saturated rings. The zero-order chi connectivity index (χ0) is 13.6. The van der Waals surface area contributed by atoms with E-state index in [9.17, 15) is 0 Å². The number of hydrogen-bond donors (Lipinski definition) is 1. The van der Waals surface area contributed by atoms with Crippen LogP contribution in [0.15, 0.2) is 83.7 Å². The Hall–Kier alpha value is -2.19. The lowest BCUT2D eigenvalue weighted by Gasteiger charge is -1.87. The lowest BCUT2D eigenvalue weighted by Crippen LogP contribution is -1.62. The van der Waals surface area contributed by atoms with Crippen LogP contribution in [0.3, 0.4) is 0 Å². The van der Waals surface area contributed by atoms with E-state index in [2.05, 4.69) is 53.5 Å². The summed E-state index contributed by atoms with van der Waals surface area (Å²) in [5, 5.41) is 6.69. The second kappa shape index (κ2) is 6.31. The number of nitrogens with one attached hydrogen (secondary N) is 1. The molecule has 4 rings (SSSR count). The summed E-state index contributed by atoms with van der Waals surface area (Å²) >= 11 is 1.69. The molecule has 0 bridgehead atoms. The van der Waals surface area contributed by atoms with E-state index in [0.29, 0.717) is 0 Å². The van der Waals surface area contributed by atoms with Crippen molar-refractivity contribution in [2.45, 2.75) is 0 Å². The number of H-pyrrole nitrogens is 1. The molecule has 1 aliphatic heterocycles. The Bertz CT molecular complexity index is 729. The number of benzene rings is 2. The van der Waals surface area contributed by atoms with Gasteiger partial charge in [0.25, 0.3) is 0 Å². The van der Waals surface area contributed by atoms with E-state index in [-0.39, 0.29) is 0 Å². The largest absolute Gasteiger partial charge is 0.355 e. The lowest BCUT2D eigenvalue weighted by molar-refractivity contribution is 1.55. The predicted octanol–water partition coefficient (Wildman–Crippen LogP) is 5.64. The summed E-state index contributed by atoms with van der Waals surface area (Å²) in [6.07, 6.45) is 8.06. The molecule has 0 aliphatic carbocycles. The van der Waals surface area contributed by atoms with Crippen LogP contribution in [0.25, 0.3) is 21.8 Å². The minimum Gasteiger partial charge on any atom is -0.355 e. The highest BCUT2D eigenvalue weighted by Gasteiger charge is 2.00. The number of hydrogen-bond acceptors (Lipinski definition) is 1. The fourth-order valence-corrected chi connectivity index (χ4v) is 2.61. The standard InChI is InChI=1S/C12H9N.C6H6S/c1-3-7-11-9(5-1)10-6-2-4-8-12(10)13-11;1-2-4-6-7-5-3-1/h1-8,13H;1-6H. The molecule has 1 N–H and O–H groups in total. The van der Waals surface area contributed by atoms with Crippen molar-refractivity contribution in [3.05, 3.63) is 83.7 Å². The number of rotatable bonds is 0. The molecule has 0 saturated heterocycles. The summed E-state index contributed by atoms with van der Waals surface area (Å²) in [7, 11) is 0. The van der Waals surface area contributed by atoms with E-state index in [4.69, 9.17) is 0 Å². The van der Waals surface area contributed by atoms with Crippen LogP contribution in [0.4, 0.5) is 0 Å². The maximum Gasteiger partial charge on any atom is 0.0464 e. The van der Waals surface area contributed by atoms with Gasteiger partial charge in [0.15, 0.2) is 0 Å². The second-order valence-electron chi connectivity index (χ2n) is 4.39. The molecule has 3 aromatic rings. The van der Waals surface area contributed by atoms with Gasteiger partial charge in [-0.25, -0.2) is 0 Å². The third-order valence-electron chi connectivity index (χ3n) is 3.06. The Morgan fingerprint density at radius 3 is 1.65 bits per heavy atom. The van der Waals surface area contributed by atoms with Crippen LogP contribution in [0.1, 0.15) is 0 Å². The van der Waals surface area contributed by atoms with Crippen LogP contribution in [0.2, 0.25) is 0 Å². The fourth-order valence-electron chi connectivity index (χ4n) is 2.15. The molecule has 1 aromatic heterocycles. The average Bonchev–Trinajstić information content (AvgIpc) is 2.68. The van der Waals surface area contributed by atoms with Crippen molar-refractivity contribution >= 4 is 33.6 Å². The Labute approximate surface area is 122 Å². The van der Waals surface area contributed by atoms with Gasteiger partial charge in [0.1, 0.15) is 0 Å². The quantitative estimate of drug-likeness (QED) is 0.562. The first-order valence-electron chi connectivity index (χ1n) is 6.54. The molecule has 1 nitrogen and oxygen atoms in total. The Kier molecular flexibility index (Phi) is 4.04. The van der Waals surface area contributed by atoms with Crippen molar-refractivity contribution in [3.8, 4) is 0 Å². The second-order valence-corrected chi connectivity index (χ2v) is 5.21. The van der Waals surface area contributed by atoms with Crippen molar-refractivity contribution < 1.29 is 0 Å². The van der Waals surface area contributed by atoms with E-state index in [1.165, 1.54) is 21.8 Å². The summed E-state index contributed by atoms with van der Waals surface area (Å²) in [4.78, 5) is 3.38. The number of aromatic nitrogens is 1. The van der Waals surface area contributed by atoms with Gasteiger partial charge in [-0.1, -0.05) is 60.7 Å². The molecule has 20 heavy (non-hydrogen) atoms. The topological polar surface area (TPSA) is 15.8 Å². The first kappa shape index (κ1) is 12.8. The maximum absolute atomic E-state index is 3.38. The zero-order valence-electron chi connectivity index (χ0n) is 11.0. The van der Waals surface area contributed by atoms with E-state index >= 15 is 0 Å². The number of allylic oxidation sites excluding steroid dienone is 4. The fraction of sp³-hybridized carbons (Fsp3) is 0. The number of para-hydroxylation sites is 2. The van der Waals surface area contributed by atoms with Gasteiger partial charge < -0.3 is 4.98 Å². The Morgan fingerprint density at radius 2 is 1.10 bits per heavy atom. The van der Waals surface area contributed by atoms with Gasteiger partial charge in [0.05, 0.1) is 0 Å². The molecule has 0 spiro atoms. The highest BCUT2D eigenvalue weighted by molar-refractivity contribution is 8.04. The maximum atomic E-state index is 3.38. The summed E-state index contributed by atoms with van der Waals surface area (Å²) in [5.41, 5.74) is 2.42. The van der Waals surface area contributed by atoms with Crippen LogP contribution < -0.4 is 0 Å². The average molecular weight is 277 g/mol. The highest BCUT2D eigenvalue weighted by Crippen LogP contribution is 2.24. The van der Waals surface area contributed by atoms with Gasteiger partial charge in [-0.15, -0.1) is 11.8 Å². The molecule has 0 amide bonds. The van der Waals surface area contributed by atoms with Gasteiger partial charge in [-0.05, 0) is 22.9 Å². The Balaban J connectivity index is 0.000000147. The van der Waals surface area contributed by atoms with E-state index in [0.717, 1.165) is 0 Å². The van der Waals surface area contributed by atoms with Gasteiger partial charge in [0, 0.05) is 21.8 Å². The molecule has 0 unspecified atom stereocenters. The van der Waals surface area contributed by atoms with E-state index in [1.54, 1.807) is 11.8 Å². The SMILES string of the molecule is C1=CC=CSC=C1.c1ccc2c(c1)[nH]c1ccccc12. The summed E-state index contributed by atoms with van der Waals surface area (Å²) in [6, 6.07) is 16.8. The molecule has 2 heterocycles. The summed E-state index contributed by atoms with van der Waals surface area (Å²) in [5.74, 6) is 0. The first-order chi connectivity index (χ1) is 9.95. The number of thioether (sulfide) groups is 1. The van der Waals surface area contributed by atoms with Crippen molar-refractivity contribution in [1.82, 2.24) is 4.98 Å². The zero-order valence-corrected chi connectivity index (χ0v) is 11.8. The molecule has 98 valence electrons. The lowest BCUT2D eigenvalue weighted by atomic mass is 10.2. The van der Waals surface area contributed by atoms with Crippen LogP contribution >= 0.6 is 11.8 Å². The van der Waals surface area contributed by atoms with Crippen molar-refractivity contribution in [1.29, 1.82) is 0 Å². The summed E-state index contributed by atoms with van der Waals surface area (Å²) < 4.78 is 0. The predicted molar refractivity (Wildman–Crippen MR) is 90.8 cm³/mol. The number of aromatic amines is 1. The molecular formula is C18H15NS. The molecule has 1 aliphatic rings. The van der Waals surface area contributed by atoms with Gasteiger partial charge >= 0.3 is 0 Å². The first-order valence-corrected chi connectivity index (χ1v) is 7.49. The monoisotopic (exact) mass is 277 g/mol. The van der Waals surface area contributed by atoms with E-state index < -0.39 is 0 Å². The molecular weight excluding hydrogens is 262 g/mol.